The minimum atomic E-state index is -1.32. The van der Waals surface area contributed by atoms with E-state index in [2.05, 4.69) is 0 Å². The van der Waals surface area contributed by atoms with E-state index in [4.69, 9.17) is 9.47 Å². The zero-order valence-electron chi connectivity index (χ0n) is 15.2. The van der Waals surface area contributed by atoms with E-state index in [-0.39, 0.29) is 13.1 Å². The second-order valence-electron chi connectivity index (χ2n) is 7.74. The first-order valence-electron chi connectivity index (χ1n) is 7.95. The molecule has 0 spiro atoms. The predicted octanol–water partition coefficient (Wildman–Crippen LogP) is 3.20. The number of ether oxygens (including phenoxy) is 2. The van der Waals surface area contributed by atoms with Crippen molar-refractivity contribution in [2.75, 3.05) is 19.6 Å². The summed E-state index contributed by atoms with van der Waals surface area (Å²) in [5.74, 6) is 0. The first-order chi connectivity index (χ1) is 10.3. The molecule has 0 aliphatic carbocycles. The van der Waals surface area contributed by atoms with Crippen LogP contribution < -0.4 is 0 Å². The summed E-state index contributed by atoms with van der Waals surface area (Å²) in [6, 6.07) is -0.720. The van der Waals surface area contributed by atoms with Crippen molar-refractivity contribution < 1.29 is 23.5 Å². The number of nitrogens with zero attached hydrogens (tertiary/aromatic N) is 2. The Morgan fingerprint density at radius 3 is 2.04 bits per heavy atom. The van der Waals surface area contributed by atoms with E-state index >= 15 is 0 Å². The van der Waals surface area contributed by atoms with Gasteiger partial charge in [0.15, 0.2) is 0 Å². The molecule has 1 heterocycles. The molecule has 1 aliphatic heterocycles. The van der Waals surface area contributed by atoms with Crippen LogP contribution >= 0.6 is 0 Å². The molecule has 23 heavy (non-hydrogen) atoms. The third kappa shape index (κ3) is 5.88. The number of carbonyl (C=O) groups is 2. The van der Waals surface area contributed by atoms with Crippen molar-refractivity contribution in [2.45, 2.75) is 71.9 Å². The molecule has 6 nitrogen and oxygen atoms in total. The monoisotopic (exact) mass is 332 g/mol. The molecule has 0 saturated carbocycles. The van der Waals surface area contributed by atoms with Crippen LogP contribution in [0.3, 0.4) is 0 Å². The third-order valence-electron chi connectivity index (χ3n) is 3.24. The number of rotatable bonds is 2. The summed E-state index contributed by atoms with van der Waals surface area (Å²) in [5.41, 5.74) is -1.30. The van der Waals surface area contributed by atoms with Crippen LogP contribution in [0.25, 0.3) is 0 Å². The Hall–Kier alpha value is -1.53. The van der Waals surface area contributed by atoms with Gasteiger partial charge in [0.2, 0.25) is 0 Å². The molecule has 0 N–H and O–H groups in total. The summed E-state index contributed by atoms with van der Waals surface area (Å²) < 4.78 is 24.9. The summed E-state index contributed by atoms with van der Waals surface area (Å²) in [7, 11) is 0. The zero-order valence-corrected chi connectivity index (χ0v) is 15.2. The second-order valence-corrected chi connectivity index (χ2v) is 7.74. The molecular weight excluding hydrogens is 303 g/mol. The Balaban J connectivity index is 2.76. The summed E-state index contributed by atoms with van der Waals surface area (Å²) in [6.45, 7) is 12.6. The molecule has 1 aliphatic rings. The Morgan fingerprint density at radius 2 is 1.61 bits per heavy atom. The highest BCUT2D eigenvalue weighted by molar-refractivity contribution is 5.71. The SMILES string of the molecule is CCN(C(=O)OC(C)(C)C)[C@@H]1CN(C(=O)OC(C)(C)C)C[C@@H]1F. The average molecular weight is 332 g/mol. The Morgan fingerprint density at radius 1 is 1.09 bits per heavy atom. The Kier molecular flexibility index (Phi) is 5.88. The number of likely N-dealkylation sites (tertiary alicyclic amines) is 1. The molecule has 0 bridgehead atoms. The molecule has 1 saturated heterocycles. The number of halogens is 1. The lowest BCUT2D eigenvalue weighted by atomic mass is 10.2. The number of hydrogen-bond acceptors (Lipinski definition) is 4. The van der Waals surface area contributed by atoms with Gasteiger partial charge in [0.1, 0.15) is 17.4 Å². The van der Waals surface area contributed by atoms with Crippen molar-refractivity contribution in [3.05, 3.63) is 0 Å². The fourth-order valence-electron chi connectivity index (χ4n) is 2.34. The summed E-state index contributed by atoms with van der Waals surface area (Å²) >= 11 is 0. The van der Waals surface area contributed by atoms with E-state index < -0.39 is 35.6 Å². The smallest absolute Gasteiger partial charge is 0.410 e. The molecular formula is C16H29FN2O4. The molecule has 0 aromatic rings. The molecule has 2 amide bonds. The quantitative estimate of drug-likeness (QED) is 0.779. The highest BCUT2D eigenvalue weighted by Crippen LogP contribution is 2.23. The van der Waals surface area contributed by atoms with Crippen LogP contribution in [0.1, 0.15) is 48.5 Å². The third-order valence-corrected chi connectivity index (χ3v) is 3.24. The van der Waals surface area contributed by atoms with Gasteiger partial charge in [-0.1, -0.05) is 0 Å². The van der Waals surface area contributed by atoms with Gasteiger partial charge < -0.3 is 19.3 Å². The van der Waals surface area contributed by atoms with Gasteiger partial charge in [-0.15, -0.1) is 0 Å². The van der Waals surface area contributed by atoms with Crippen LogP contribution in [0, 0.1) is 0 Å². The molecule has 1 fully saturated rings. The second kappa shape index (κ2) is 6.93. The van der Waals surface area contributed by atoms with E-state index in [1.807, 2.05) is 0 Å². The lowest BCUT2D eigenvalue weighted by Crippen LogP contribution is -2.48. The number of hydrogen-bond donors (Lipinski definition) is 0. The fourth-order valence-corrected chi connectivity index (χ4v) is 2.34. The minimum absolute atomic E-state index is 0.0844. The Bertz CT molecular complexity index is 442. The van der Waals surface area contributed by atoms with E-state index in [1.54, 1.807) is 48.5 Å². The van der Waals surface area contributed by atoms with Crippen molar-refractivity contribution >= 4 is 12.2 Å². The lowest BCUT2D eigenvalue weighted by Gasteiger charge is -2.31. The molecule has 134 valence electrons. The van der Waals surface area contributed by atoms with Gasteiger partial charge in [0.25, 0.3) is 0 Å². The van der Waals surface area contributed by atoms with Gasteiger partial charge in [-0.3, -0.25) is 0 Å². The molecule has 0 unspecified atom stereocenters. The van der Waals surface area contributed by atoms with E-state index in [0.29, 0.717) is 6.54 Å². The van der Waals surface area contributed by atoms with E-state index in [1.165, 1.54) is 9.80 Å². The van der Waals surface area contributed by atoms with Crippen LogP contribution in [0.4, 0.5) is 14.0 Å². The molecule has 0 aromatic carbocycles. The molecule has 0 aromatic heterocycles. The maximum Gasteiger partial charge on any atom is 0.410 e. The van der Waals surface area contributed by atoms with Crippen LogP contribution in [0.5, 0.6) is 0 Å². The first-order valence-corrected chi connectivity index (χ1v) is 7.95. The highest BCUT2D eigenvalue weighted by atomic mass is 19.1. The van der Waals surface area contributed by atoms with Gasteiger partial charge in [0.05, 0.1) is 12.6 Å². The number of alkyl halides is 1. The largest absolute Gasteiger partial charge is 0.444 e. The minimum Gasteiger partial charge on any atom is -0.444 e. The van der Waals surface area contributed by atoms with Crippen molar-refractivity contribution in [3.8, 4) is 0 Å². The van der Waals surface area contributed by atoms with E-state index in [0.717, 1.165) is 0 Å². The number of amides is 2. The molecule has 2 atom stereocenters. The Labute approximate surface area is 137 Å². The highest BCUT2D eigenvalue weighted by Gasteiger charge is 2.42. The molecule has 0 radical (unpaired) electrons. The maximum atomic E-state index is 14.4. The fraction of sp³-hybridized carbons (Fsp3) is 0.875. The van der Waals surface area contributed by atoms with Crippen molar-refractivity contribution in [2.24, 2.45) is 0 Å². The molecule has 7 heteroatoms. The zero-order chi connectivity index (χ0) is 18.0. The summed E-state index contributed by atoms with van der Waals surface area (Å²) in [6.07, 6.45) is -2.46. The summed E-state index contributed by atoms with van der Waals surface area (Å²) in [5, 5.41) is 0. The first kappa shape index (κ1) is 19.5. The normalized spacial score (nSPS) is 22.0. The lowest BCUT2D eigenvalue weighted by molar-refractivity contribution is 0.0107. The topological polar surface area (TPSA) is 59.1 Å². The van der Waals surface area contributed by atoms with Crippen molar-refractivity contribution in [1.82, 2.24) is 9.80 Å². The maximum absolute atomic E-state index is 14.4. The average Bonchev–Trinajstić information content (AvgIpc) is 2.68. The predicted molar refractivity (Wildman–Crippen MR) is 85.1 cm³/mol. The van der Waals surface area contributed by atoms with Gasteiger partial charge in [-0.2, -0.15) is 0 Å². The van der Waals surface area contributed by atoms with E-state index in [9.17, 15) is 14.0 Å². The number of carbonyl (C=O) groups excluding carboxylic acids is 2. The standard InChI is InChI=1S/C16H29FN2O4/c1-8-19(14(21)23-16(5,6)7)12-10-18(9-11(12)17)13(20)22-15(2,3)4/h11-12H,8-10H2,1-7H3/t11-,12+/m0/s1. The van der Waals surface area contributed by atoms with Crippen LogP contribution in [0.15, 0.2) is 0 Å². The van der Waals surface area contributed by atoms with Crippen LogP contribution in [-0.2, 0) is 9.47 Å². The van der Waals surface area contributed by atoms with Gasteiger partial charge >= 0.3 is 12.2 Å². The summed E-state index contributed by atoms with van der Waals surface area (Å²) in [4.78, 5) is 26.9. The number of likely N-dealkylation sites (N-methyl/N-ethyl adjacent to an activating group) is 1. The van der Waals surface area contributed by atoms with Crippen molar-refractivity contribution in [1.29, 1.82) is 0 Å². The van der Waals surface area contributed by atoms with Crippen molar-refractivity contribution in [3.63, 3.8) is 0 Å². The van der Waals surface area contributed by atoms with Gasteiger partial charge in [0, 0.05) is 13.1 Å². The van der Waals surface area contributed by atoms with Gasteiger partial charge in [-0.05, 0) is 48.5 Å². The van der Waals surface area contributed by atoms with Crippen LogP contribution in [-0.4, -0.2) is 65.0 Å². The molecule has 1 rings (SSSR count). The van der Waals surface area contributed by atoms with Crippen LogP contribution in [0.2, 0.25) is 0 Å². The van der Waals surface area contributed by atoms with Gasteiger partial charge in [-0.25, -0.2) is 14.0 Å².